The van der Waals surface area contributed by atoms with E-state index in [1.54, 1.807) is 0 Å². The van der Waals surface area contributed by atoms with Gasteiger partial charge in [0.15, 0.2) is 0 Å². The largest absolute Gasteiger partial charge is 0.374 e. The smallest absolute Gasteiger partial charge is 0.127 e. The maximum atomic E-state index is 9.03. The summed E-state index contributed by atoms with van der Waals surface area (Å²) in [6.45, 7) is 8.12. The predicted octanol–water partition coefficient (Wildman–Crippen LogP) is 2.32. The van der Waals surface area contributed by atoms with Crippen LogP contribution in [-0.2, 0) is 0 Å². The van der Waals surface area contributed by atoms with Crippen LogP contribution in [0.1, 0.15) is 25.1 Å². The maximum absolute atomic E-state index is 9.03. The Morgan fingerprint density at radius 3 is 2.65 bits per heavy atom. The molecule has 1 heterocycles. The summed E-state index contributed by atoms with van der Waals surface area (Å²) in [5, 5.41) is 13.3. The molecule has 0 fully saturated rings. The first-order valence-electron chi connectivity index (χ1n) is 5.61. The van der Waals surface area contributed by atoms with Crippen molar-refractivity contribution in [1.82, 2.24) is 9.27 Å². The van der Waals surface area contributed by atoms with Crippen LogP contribution in [0.2, 0.25) is 0 Å². The molecule has 0 aliphatic rings. The third-order valence-electron chi connectivity index (χ3n) is 2.45. The van der Waals surface area contributed by atoms with E-state index in [0.717, 1.165) is 23.8 Å². The summed E-state index contributed by atoms with van der Waals surface area (Å²) in [6, 6.07) is 2.20. The second kappa shape index (κ2) is 5.48. The fourth-order valence-electron chi connectivity index (χ4n) is 1.85. The van der Waals surface area contributed by atoms with E-state index in [4.69, 9.17) is 5.26 Å². The van der Waals surface area contributed by atoms with Gasteiger partial charge in [-0.2, -0.15) is 9.64 Å². The number of rotatable bonds is 5. The molecule has 0 aliphatic heterocycles. The molecule has 17 heavy (non-hydrogen) atoms. The molecule has 0 saturated carbocycles. The minimum Gasteiger partial charge on any atom is -0.374 e. The Hall–Kier alpha value is -1.12. The van der Waals surface area contributed by atoms with Crippen molar-refractivity contribution >= 4 is 16.5 Å². The van der Waals surface area contributed by atoms with Crippen LogP contribution in [0.3, 0.4) is 0 Å². The molecular formula is C12H20N4S. The van der Waals surface area contributed by atoms with Gasteiger partial charge in [-0.15, -0.1) is 0 Å². The van der Waals surface area contributed by atoms with E-state index in [9.17, 15) is 0 Å². The number of hydrogen-bond acceptors (Lipinski definition) is 5. The number of nitrogens with one attached hydrogen (secondary N) is 1. The van der Waals surface area contributed by atoms with Crippen LogP contribution in [-0.4, -0.2) is 36.5 Å². The molecule has 0 unspecified atom stereocenters. The minimum absolute atomic E-state index is 0.161. The summed E-state index contributed by atoms with van der Waals surface area (Å²) in [5.74, 6) is 0. The maximum Gasteiger partial charge on any atom is 0.127 e. The zero-order valence-corrected chi connectivity index (χ0v) is 12.0. The van der Waals surface area contributed by atoms with Crippen molar-refractivity contribution in [2.24, 2.45) is 5.41 Å². The Morgan fingerprint density at radius 2 is 2.12 bits per heavy atom. The lowest BCUT2D eigenvalue weighted by Gasteiger charge is -2.28. The Kier molecular flexibility index (Phi) is 4.49. The lowest BCUT2D eigenvalue weighted by Crippen LogP contribution is -2.34. The van der Waals surface area contributed by atoms with Crippen molar-refractivity contribution in [3.05, 3.63) is 11.3 Å². The van der Waals surface area contributed by atoms with Gasteiger partial charge in [-0.1, -0.05) is 13.8 Å². The molecule has 94 valence electrons. The second-order valence-electron chi connectivity index (χ2n) is 5.34. The van der Waals surface area contributed by atoms with E-state index >= 15 is 0 Å². The lowest BCUT2D eigenvalue weighted by atomic mass is 9.93. The van der Waals surface area contributed by atoms with Gasteiger partial charge >= 0.3 is 0 Å². The van der Waals surface area contributed by atoms with Crippen molar-refractivity contribution in [3.8, 4) is 6.07 Å². The topological polar surface area (TPSA) is 52.0 Å². The second-order valence-corrected chi connectivity index (χ2v) is 6.11. The SMILES string of the molecule is Cc1nsc(NCC(C)(C)CN(C)C)c1C#N. The van der Waals surface area contributed by atoms with Gasteiger partial charge in [0, 0.05) is 13.1 Å². The average Bonchev–Trinajstić information content (AvgIpc) is 2.54. The Balaban J connectivity index is 2.64. The van der Waals surface area contributed by atoms with Crippen molar-refractivity contribution < 1.29 is 0 Å². The zero-order chi connectivity index (χ0) is 13.1. The number of aryl methyl sites for hydroxylation is 1. The van der Waals surface area contributed by atoms with Gasteiger partial charge in [-0.3, -0.25) is 0 Å². The lowest BCUT2D eigenvalue weighted by molar-refractivity contribution is 0.254. The van der Waals surface area contributed by atoms with E-state index < -0.39 is 0 Å². The van der Waals surface area contributed by atoms with E-state index in [1.807, 2.05) is 6.92 Å². The van der Waals surface area contributed by atoms with Gasteiger partial charge in [-0.25, -0.2) is 0 Å². The fourth-order valence-corrected chi connectivity index (χ4v) is 2.59. The molecule has 5 heteroatoms. The van der Waals surface area contributed by atoms with E-state index in [-0.39, 0.29) is 5.41 Å². The highest BCUT2D eigenvalue weighted by Gasteiger charge is 2.20. The van der Waals surface area contributed by atoms with Gasteiger partial charge in [0.25, 0.3) is 0 Å². The van der Waals surface area contributed by atoms with Crippen LogP contribution >= 0.6 is 11.5 Å². The highest BCUT2D eigenvalue weighted by Crippen LogP contribution is 2.25. The van der Waals surface area contributed by atoms with E-state index in [2.05, 4.69) is 48.6 Å². The van der Waals surface area contributed by atoms with Gasteiger partial charge < -0.3 is 10.2 Å². The molecule has 0 aliphatic carbocycles. The van der Waals surface area contributed by atoms with Crippen molar-refractivity contribution in [2.45, 2.75) is 20.8 Å². The highest BCUT2D eigenvalue weighted by atomic mass is 32.1. The summed E-state index contributed by atoms with van der Waals surface area (Å²) in [4.78, 5) is 2.17. The summed E-state index contributed by atoms with van der Waals surface area (Å²) < 4.78 is 4.20. The molecular weight excluding hydrogens is 232 g/mol. The normalized spacial score (nSPS) is 11.6. The summed E-state index contributed by atoms with van der Waals surface area (Å²) in [5.41, 5.74) is 1.65. The average molecular weight is 252 g/mol. The third kappa shape index (κ3) is 3.99. The van der Waals surface area contributed by atoms with Gasteiger partial charge in [0.1, 0.15) is 16.6 Å². The van der Waals surface area contributed by atoms with E-state index in [0.29, 0.717) is 5.56 Å². The molecule has 0 bridgehead atoms. The van der Waals surface area contributed by atoms with Crippen molar-refractivity contribution in [2.75, 3.05) is 32.5 Å². The quantitative estimate of drug-likeness (QED) is 0.874. The zero-order valence-electron chi connectivity index (χ0n) is 11.2. The predicted molar refractivity (Wildman–Crippen MR) is 72.4 cm³/mol. The van der Waals surface area contributed by atoms with E-state index in [1.165, 1.54) is 11.5 Å². The number of hydrogen-bond donors (Lipinski definition) is 1. The molecule has 1 rings (SSSR count). The first kappa shape index (κ1) is 13.9. The molecule has 0 spiro atoms. The van der Waals surface area contributed by atoms with Crippen LogP contribution in [0, 0.1) is 23.7 Å². The summed E-state index contributed by atoms with van der Waals surface area (Å²) in [6.07, 6.45) is 0. The molecule has 4 nitrogen and oxygen atoms in total. The number of anilines is 1. The number of nitriles is 1. The van der Waals surface area contributed by atoms with Crippen LogP contribution in [0.15, 0.2) is 0 Å². The highest BCUT2D eigenvalue weighted by molar-refractivity contribution is 7.10. The molecule has 0 amide bonds. The molecule has 0 radical (unpaired) electrons. The Bertz CT molecular complexity index is 415. The fraction of sp³-hybridized carbons (Fsp3) is 0.667. The molecule has 0 atom stereocenters. The summed E-state index contributed by atoms with van der Waals surface area (Å²) in [7, 11) is 4.14. The molecule has 1 aromatic heterocycles. The monoisotopic (exact) mass is 252 g/mol. The van der Waals surface area contributed by atoms with Gasteiger partial charge in [0.2, 0.25) is 0 Å². The van der Waals surface area contributed by atoms with Crippen LogP contribution in [0.5, 0.6) is 0 Å². The molecule has 0 aromatic carbocycles. The minimum atomic E-state index is 0.161. The summed E-state index contributed by atoms with van der Waals surface area (Å²) >= 11 is 1.36. The van der Waals surface area contributed by atoms with Gasteiger partial charge in [0.05, 0.1) is 5.69 Å². The van der Waals surface area contributed by atoms with Crippen LogP contribution < -0.4 is 5.32 Å². The number of aromatic nitrogens is 1. The first-order chi connectivity index (χ1) is 7.85. The molecule has 0 saturated heterocycles. The van der Waals surface area contributed by atoms with Gasteiger partial charge in [-0.05, 0) is 38.0 Å². The van der Waals surface area contributed by atoms with Crippen molar-refractivity contribution in [1.29, 1.82) is 5.26 Å². The molecule has 1 aromatic rings. The van der Waals surface area contributed by atoms with Crippen molar-refractivity contribution in [3.63, 3.8) is 0 Å². The number of nitrogens with zero attached hydrogens (tertiary/aromatic N) is 3. The first-order valence-corrected chi connectivity index (χ1v) is 6.38. The van der Waals surface area contributed by atoms with Crippen LogP contribution in [0.4, 0.5) is 5.00 Å². The van der Waals surface area contributed by atoms with Crippen LogP contribution in [0.25, 0.3) is 0 Å². The Labute approximate surface area is 107 Å². The molecule has 1 N–H and O–H groups in total. The standard InChI is InChI=1S/C12H20N4S/c1-9-10(6-13)11(17-15-9)14-7-12(2,3)8-16(4)5/h14H,7-8H2,1-5H3. The third-order valence-corrected chi connectivity index (χ3v) is 3.34. The Morgan fingerprint density at radius 1 is 1.47 bits per heavy atom.